The summed E-state index contributed by atoms with van der Waals surface area (Å²) in [5.74, 6) is -0.825. The van der Waals surface area contributed by atoms with Crippen LogP contribution in [-0.2, 0) is 21.6 Å². The fourth-order valence-electron chi connectivity index (χ4n) is 2.15. The number of carbonyl (C=O) groups is 1. The molecule has 2 rings (SSSR count). The fourth-order valence-corrected chi connectivity index (χ4v) is 2.15. The molecular formula is C12H14O3. The van der Waals surface area contributed by atoms with Gasteiger partial charge in [-0.2, -0.15) is 0 Å². The van der Waals surface area contributed by atoms with E-state index in [1.165, 1.54) is 5.56 Å². The number of ether oxygens (including phenoxy) is 1. The second kappa shape index (κ2) is 3.66. The number of aliphatic carboxylic acids is 1. The maximum absolute atomic E-state index is 10.8. The van der Waals surface area contributed by atoms with Crippen molar-refractivity contribution < 1.29 is 14.6 Å². The molecule has 1 aliphatic rings. The van der Waals surface area contributed by atoms with E-state index in [-0.39, 0.29) is 6.42 Å². The van der Waals surface area contributed by atoms with Gasteiger partial charge in [0.2, 0.25) is 0 Å². The van der Waals surface area contributed by atoms with Crippen molar-refractivity contribution in [2.24, 2.45) is 0 Å². The van der Waals surface area contributed by atoms with E-state index in [4.69, 9.17) is 9.84 Å². The van der Waals surface area contributed by atoms with E-state index in [1.807, 2.05) is 31.2 Å². The van der Waals surface area contributed by atoms with Crippen molar-refractivity contribution in [2.45, 2.75) is 25.4 Å². The number of benzene rings is 1. The second-order valence-electron chi connectivity index (χ2n) is 4.06. The molecule has 1 heterocycles. The van der Waals surface area contributed by atoms with Crippen LogP contribution >= 0.6 is 0 Å². The zero-order chi connectivity index (χ0) is 10.9. The number of carboxylic acid groups (broad SMARTS) is 1. The van der Waals surface area contributed by atoms with Gasteiger partial charge in [-0.1, -0.05) is 24.3 Å². The van der Waals surface area contributed by atoms with Crippen LogP contribution < -0.4 is 0 Å². The molecule has 0 amide bonds. The minimum atomic E-state index is -0.825. The Hall–Kier alpha value is -1.35. The van der Waals surface area contributed by atoms with Gasteiger partial charge in [-0.05, 0) is 24.5 Å². The van der Waals surface area contributed by atoms with Gasteiger partial charge in [0, 0.05) is 0 Å². The molecule has 1 aromatic carbocycles. The second-order valence-corrected chi connectivity index (χ2v) is 4.06. The minimum absolute atomic E-state index is 0.0179. The Balaban J connectivity index is 2.40. The highest BCUT2D eigenvalue weighted by Crippen LogP contribution is 2.35. The summed E-state index contributed by atoms with van der Waals surface area (Å²) in [5, 5.41) is 8.88. The Bertz CT molecular complexity index is 386. The van der Waals surface area contributed by atoms with Gasteiger partial charge in [-0.25, -0.2) is 0 Å². The molecular weight excluding hydrogens is 192 g/mol. The smallest absolute Gasteiger partial charge is 0.306 e. The van der Waals surface area contributed by atoms with Crippen LogP contribution in [-0.4, -0.2) is 17.7 Å². The molecule has 1 N–H and O–H groups in total. The van der Waals surface area contributed by atoms with Crippen LogP contribution in [0.2, 0.25) is 0 Å². The van der Waals surface area contributed by atoms with Gasteiger partial charge in [0.25, 0.3) is 0 Å². The predicted octanol–water partition coefficient (Wildman–Crippen LogP) is 1.95. The number of rotatable bonds is 2. The normalized spacial score (nSPS) is 24.6. The van der Waals surface area contributed by atoms with Gasteiger partial charge in [-0.15, -0.1) is 0 Å². The minimum Gasteiger partial charge on any atom is -0.481 e. The molecule has 80 valence electrons. The number of fused-ring (bicyclic) bond motifs is 1. The average Bonchev–Trinajstić information content (AvgIpc) is 2.17. The van der Waals surface area contributed by atoms with Crippen LogP contribution in [0.4, 0.5) is 0 Å². The highest BCUT2D eigenvalue weighted by molar-refractivity contribution is 5.68. The van der Waals surface area contributed by atoms with Crippen LogP contribution in [0.5, 0.6) is 0 Å². The molecule has 15 heavy (non-hydrogen) atoms. The van der Waals surface area contributed by atoms with Gasteiger partial charge in [0.1, 0.15) is 5.60 Å². The van der Waals surface area contributed by atoms with E-state index in [1.54, 1.807) is 0 Å². The first-order chi connectivity index (χ1) is 7.12. The standard InChI is InChI=1S/C12H14O3/c1-12(8-11(13)14)10-5-3-2-4-9(10)6-7-15-12/h2-5H,6-8H2,1H3,(H,13,14). The van der Waals surface area contributed by atoms with Crippen LogP contribution in [0.1, 0.15) is 24.5 Å². The molecule has 1 unspecified atom stereocenters. The summed E-state index contributed by atoms with van der Waals surface area (Å²) in [6.45, 7) is 2.44. The van der Waals surface area contributed by atoms with E-state index in [0.717, 1.165) is 12.0 Å². The highest BCUT2D eigenvalue weighted by Gasteiger charge is 2.34. The first kappa shape index (κ1) is 10.2. The quantitative estimate of drug-likeness (QED) is 0.804. The lowest BCUT2D eigenvalue weighted by molar-refractivity contribution is -0.146. The third kappa shape index (κ3) is 1.88. The van der Waals surface area contributed by atoms with Crippen molar-refractivity contribution >= 4 is 5.97 Å². The molecule has 1 aliphatic heterocycles. The van der Waals surface area contributed by atoms with Gasteiger partial charge in [0.15, 0.2) is 0 Å². The predicted molar refractivity (Wildman–Crippen MR) is 55.7 cm³/mol. The molecule has 3 nitrogen and oxygen atoms in total. The van der Waals surface area contributed by atoms with Crippen molar-refractivity contribution in [3.05, 3.63) is 35.4 Å². The molecule has 0 radical (unpaired) electrons. The van der Waals surface area contributed by atoms with E-state index < -0.39 is 11.6 Å². The van der Waals surface area contributed by atoms with E-state index >= 15 is 0 Å². The fraction of sp³-hybridized carbons (Fsp3) is 0.417. The SMILES string of the molecule is CC1(CC(=O)O)OCCc2ccccc21. The zero-order valence-electron chi connectivity index (χ0n) is 8.69. The summed E-state index contributed by atoms with van der Waals surface area (Å²) in [7, 11) is 0. The lowest BCUT2D eigenvalue weighted by Crippen LogP contribution is -2.34. The first-order valence-electron chi connectivity index (χ1n) is 5.06. The third-order valence-corrected chi connectivity index (χ3v) is 2.87. The largest absolute Gasteiger partial charge is 0.481 e. The van der Waals surface area contributed by atoms with Crippen molar-refractivity contribution in [1.29, 1.82) is 0 Å². The van der Waals surface area contributed by atoms with Crippen molar-refractivity contribution in [1.82, 2.24) is 0 Å². The lowest BCUT2D eigenvalue weighted by Gasteiger charge is -2.34. The molecule has 0 spiro atoms. The van der Waals surface area contributed by atoms with Crippen LogP contribution in [0.25, 0.3) is 0 Å². The molecule has 0 aliphatic carbocycles. The highest BCUT2D eigenvalue weighted by atomic mass is 16.5. The first-order valence-corrected chi connectivity index (χ1v) is 5.06. The Morgan fingerprint density at radius 1 is 1.53 bits per heavy atom. The number of hydrogen-bond acceptors (Lipinski definition) is 2. The number of carboxylic acids is 1. The summed E-state index contributed by atoms with van der Waals surface area (Å²) < 4.78 is 5.62. The Labute approximate surface area is 88.7 Å². The summed E-state index contributed by atoms with van der Waals surface area (Å²) in [6, 6.07) is 7.90. The van der Waals surface area contributed by atoms with E-state index in [2.05, 4.69) is 0 Å². The van der Waals surface area contributed by atoms with Crippen LogP contribution in [0.3, 0.4) is 0 Å². The van der Waals surface area contributed by atoms with Gasteiger partial charge >= 0.3 is 5.97 Å². The van der Waals surface area contributed by atoms with E-state index in [0.29, 0.717) is 6.61 Å². The molecule has 1 atom stereocenters. The molecule has 1 aromatic rings. The Morgan fingerprint density at radius 3 is 3.00 bits per heavy atom. The zero-order valence-corrected chi connectivity index (χ0v) is 8.69. The Kier molecular flexibility index (Phi) is 2.49. The molecule has 0 saturated carbocycles. The summed E-state index contributed by atoms with van der Waals surface area (Å²) >= 11 is 0. The molecule has 0 saturated heterocycles. The van der Waals surface area contributed by atoms with Crippen molar-refractivity contribution in [3.63, 3.8) is 0 Å². The molecule has 0 aromatic heterocycles. The van der Waals surface area contributed by atoms with Crippen LogP contribution in [0, 0.1) is 0 Å². The Morgan fingerprint density at radius 2 is 2.27 bits per heavy atom. The van der Waals surface area contributed by atoms with Crippen LogP contribution in [0.15, 0.2) is 24.3 Å². The van der Waals surface area contributed by atoms with Gasteiger partial charge in [0.05, 0.1) is 13.0 Å². The van der Waals surface area contributed by atoms with Gasteiger partial charge < -0.3 is 9.84 Å². The van der Waals surface area contributed by atoms with Crippen molar-refractivity contribution in [3.8, 4) is 0 Å². The monoisotopic (exact) mass is 206 g/mol. The third-order valence-electron chi connectivity index (χ3n) is 2.87. The summed E-state index contributed by atoms with van der Waals surface area (Å²) in [5.41, 5.74) is 1.55. The maximum atomic E-state index is 10.8. The maximum Gasteiger partial charge on any atom is 0.306 e. The summed E-state index contributed by atoms with van der Waals surface area (Å²) in [4.78, 5) is 10.8. The lowest BCUT2D eigenvalue weighted by atomic mass is 9.85. The molecule has 0 fully saturated rings. The average molecular weight is 206 g/mol. The van der Waals surface area contributed by atoms with E-state index in [9.17, 15) is 4.79 Å². The van der Waals surface area contributed by atoms with Crippen molar-refractivity contribution in [2.75, 3.05) is 6.61 Å². The van der Waals surface area contributed by atoms with Gasteiger partial charge in [-0.3, -0.25) is 4.79 Å². The topological polar surface area (TPSA) is 46.5 Å². The summed E-state index contributed by atoms with van der Waals surface area (Å²) in [6.07, 6.45) is 0.884. The number of hydrogen-bond donors (Lipinski definition) is 1. The molecule has 0 bridgehead atoms. The molecule has 3 heteroatoms.